The Morgan fingerprint density at radius 3 is 2.38 bits per heavy atom. The van der Waals surface area contributed by atoms with E-state index >= 15 is 0 Å². The third-order valence-electron chi connectivity index (χ3n) is 2.88. The molecular formula is C14H16O2. The molecule has 0 bridgehead atoms. The summed E-state index contributed by atoms with van der Waals surface area (Å²) in [7, 11) is 0. The van der Waals surface area contributed by atoms with Crippen molar-refractivity contribution in [1.82, 2.24) is 0 Å². The first-order valence-electron chi connectivity index (χ1n) is 5.54. The first-order chi connectivity index (χ1) is 7.49. The summed E-state index contributed by atoms with van der Waals surface area (Å²) in [5.41, 5.74) is 3.43. The van der Waals surface area contributed by atoms with Crippen molar-refractivity contribution in [3.63, 3.8) is 0 Å². The van der Waals surface area contributed by atoms with E-state index in [0.29, 0.717) is 17.1 Å². The van der Waals surface area contributed by atoms with Crippen molar-refractivity contribution in [3.05, 3.63) is 45.3 Å². The van der Waals surface area contributed by atoms with Crippen molar-refractivity contribution in [2.24, 2.45) is 0 Å². The molecule has 0 fully saturated rings. The minimum Gasteiger partial charge on any atom is -0.422 e. The van der Waals surface area contributed by atoms with Crippen LogP contribution in [0.15, 0.2) is 27.4 Å². The Bertz CT molecular complexity index is 591. The van der Waals surface area contributed by atoms with Gasteiger partial charge in [-0.15, -0.1) is 0 Å². The van der Waals surface area contributed by atoms with Crippen molar-refractivity contribution >= 4 is 11.0 Å². The van der Waals surface area contributed by atoms with Crippen LogP contribution in [0.3, 0.4) is 0 Å². The number of benzene rings is 1. The van der Waals surface area contributed by atoms with Crippen LogP contribution in [0.4, 0.5) is 0 Å². The van der Waals surface area contributed by atoms with E-state index in [1.54, 1.807) is 6.92 Å². The fourth-order valence-corrected chi connectivity index (χ4v) is 1.88. The zero-order chi connectivity index (χ0) is 11.9. The van der Waals surface area contributed by atoms with Gasteiger partial charge < -0.3 is 4.42 Å². The van der Waals surface area contributed by atoms with Gasteiger partial charge >= 0.3 is 5.63 Å². The predicted octanol–water partition coefficient (Wildman–Crippen LogP) is 3.53. The summed E-state index contributed by atoms with van der Waals surface area (Å²) in [6.45, 7) is 8.08. The molecule has 0 aliphatic rings. The molecule has 0 N–H and O–H groups in total. The summed E-state index contributed by atoms with van der Waals surface area (Å²) in [6, 6.07) is 6.09. The number of aryl methyl sites for hydroxylation is 2. The van der Waals surface area contributed by atoms with Crippen LogP contribution in [0.1, 0.15) is 36.5 Å². The highest BCUT2D eigenvalue weighted by molar-refractivity contribution is 5.81. The molecule has 1 aromatic carbocycles. The minimum absolute atomic E-state index is 0.243. The van der Waals surface area contributed by atoms with Crippen LogP contribution < -0.4 is 5.63 Å². The molecule has 0 amide bonds. The number of hydrogen-bond donors (Lipinski definition) is 0. The molecule has 0 aliphatic carbocycles. The summed E-state index contributed by atoms with van der Waals surface area (Å²) in [5.74, 6) is 0.482. The van der Waals surface area contributed by atoms with Crippen molar-refractivity contribution in [3.8, 4) is 0 Å². The zero-order valence-corrected chi connectivity index (χ0v) is 10.1. The summed E-state index contributed by atoms with van der Waals surface area (Å²) >= 11 is 0. The second-order valence-corrected chi connectivity index (χ2v) is 4.63. The highest BCUT2D eigenvalue weighted by atomic mass is 16.4. The largest absolute Gasteiger partial charge is 0.422 e. The molecular weight excluding hydrogens is 200 g/mol. The summed E-state index contributed by atoms with van der Waals surface area (Å²) in [6.07, 6.45) is 0. The van der Waals surface area contributed by atoms with Crippen LogP contribution >= 0.6 is 0 Å². The van der Waals surface area contributed by atoms with Crippen LogP contribution in [-0.4, -0.2) is 0 Å². The Morgan fingerprint density at radius 2 is 1.75 bits per heavy atom. The van der Waals surface area contributed by atoms with Gasteiger partial charge in [0.25, 0.3) is 0 Å². The van der Waals surface area contributed by atoms with E-state index in [-0.39, 0.29) is 5.63 Å². The van der Waals surface area contributed by atoms with E-state index < -0.39 is 0 Å². The molecule has 0 unspecified atom stereocenters. The van der Waals surface area contributed by atoms with Gasteiger partial charge in [-0.05, 0) is 43.0 Å². The van der Waals surface area contributed by atoms with Crippen molar-refractivity contribution < 1.29 is 4.42 Å². The first kappa shape index (κ1) is 10.9. The zero-order valence-electron chi connectivity index (χ0n) is 10.1. The molecule has 0 radical (unpaired) electrons. The monoisotopic (exact) mass is 216 g/mol. The average Bonchev–Trinajstić information content (AvgIpc) is 2.20. The van der Waals surface area contributed by atoms with Crippen LogP contribution in [0, 0.1) is 13.8 Å². The fourth-order valence-electron chi connectivity index (χ4n) is 1.88. The quantitative estimate of drug-likeness (QED) is 0.682. The van der Waals surface area contributed by atoms with E-state index in [0.717, 1.165) is 10.9 Å². The molecule has 2 nitrogen and oxygen atoms in total. The Balaban J connectivity index is 2.82. The van der Waals surface area contributed by atoms with Crippen molar-refractivity contribution in [2.45, 2.75) is 33.6 Å². The van der Waals surface area contributed by atoms with Gasteiger partial charge in [-0.3, -0.25) is 0 Å². The second-order valence-electron chi connectivity index (χ2n) is 4.63. The maximum atomic E-state index is 11.4. The summed E-state index contributed by atoms with van der Waals surface area (Å²) in [4.78, 5) is 11.4. The van der Waals surface area contributed by atoms with Crippen LogP contribution in [-0.2, 0) is 0 Å². The molecule has 2 rings (SSSR count). The predicted molar refractivity (Wildman–Crippen MR) is 66.0 cm³/mol. The summed E-state index contributed by atoms with van der Waals surface area (Å²) < 4.78 is 5.30. The Hall–Kier alpha value is -1.57. The maximum Gasteiger partial charge on any atom is 0.339 e. The highest BCUT2D eigenvalue weighted by Gasteiger charge is 2.08. The molecule has 2 aromatic rings. The average molecular weight is 216 g/mol. The van der Waals surface area contributed by atoms with Crippen molar-refractivity contribution in [2.75, 3.05) is 0 Å². The number of rotatable bonds is 1. The van der Waals surface area contributed by atoms with Crippen LogP contribution in [0.2, 0.25) is 0 Å². The maximum absolute atomic E-state index is 11.4. The Morgan fingerprint density at radius 1 is 1.06 bits per heavy atom. The van der Waals surface area contributed by atoms with Crippen molar-refractivity contribution in [1.29, 1.82) is 0 Å². The van der Waals surface area contributed by atoms with E-state index in [1.165, 1.54) is 5.56 Å². The molecule has 0 saturated heterocycles. The number of fused-ring (bicyclic) bond motifs is 1. The fraction of sp³-hybridized carbons (Fsp3) is 0.357. The molecule has 1 heterocycles. The van der Waals surface area contributed by atoms with Gasteiger partial charge in [0.2, 0.25) is 0 Å². The SMILES string of the molecule is Cc1cc2cc(C(C)C)cc(C)c2oc1=O. The van der Waals surface area contributed by atoms with E-state index in [9.17, 15) is 4.79 Å². The van der Waals surface area contributed by atoms with Crippen LogP contribution in [0.25, 0.3) is 11.0 Å². The Kier molecular flexibility index (Phi) is 2.58. The topological polar surface area (TPSA) is 30.2 Å². The minimum atomic E-state index is -0.243. The van der Waals surface area contributed by atoms with Gasteiger partial charge in [0.05, 0.1) is 0 Å². The lowest BCUT2D eigenvalue weighted by Gasteiger charge is -2.09. The van der Waals surface area contributed by atoms with Gasteiger partial charge in [0.1, 0.15) is 5.58 Å². The van der Waals surface area contributed by atoms with Gasteiger partial charge in [-0.1, -0.05) is 19.9 Å². The third-order valence-corrected chi connectivity index (χ3v) is 2.88. The molecule has 84 valence electrons. The van der Waals surface area contributed by atoms with E-state index in [4.69, 9.17) is 4.42 Å². The van der Waals surface area contributed by atoms with Crippen LogP contribution in [0.5, 0.6) is 0 Å². The summed E-state index contributed by atoms with van der Waals surface area (Å²) in [5, 5.41) is 1.01. The highest BCUT2D eigenvalue weighted by Crippen LogP contribution is 2.24. The standard InChI is InChI=1S/C14H16O2/c1-8(2)11-5-9(3)13-12(7-11)6-10(4)14(15)16-13/h5-8H,1-4H3. The number of hydrogen-bond acceptors (Lipinski definition) is 2. The lowest BCUT2D eigenvalue weighted by Crippen LogP contribution is -2.03. The first-order valence-corrected chi connectivity index (χ1v) is 5.54. The smallest absolute Gasteiger partial charge is 0.339 e. The molecule has 0 spiro atoms. The third kappa shape index (κ3) is 1.75. The Labute approximate surface area is 94.9 Å². The molecule has 0 atom stereocenters. The lowest BCUT2D eigenvalue weighted by atomic mass is 9.98. The normalized spacial score (nSPS) is 11.3. The lowest BCUT2D eigenvalue weighted by molar-refractivity contribution is 0.552. The molecule has 16 heavy (non-hydrogen) atoms. The second kappa shape index (κ2) is 3.78. The molecule has 0 aliphatic heterocycles. The van der Waals surface area contributed by atoms with Gasteiger partial charge in [-0.25, -0.2) is 4.79 Å². The molecule has 1 aromatic heterocycles. The van der Waals surface area contributed by atoms with Gasteiger partial charge in [0, 0.05) is 10.9 Å². The van der Waals surface area contributed by atoms with Gasteiger partial charge in [-0.2, -0.15) is 0 Å². The molecule has 2 heteroatoms. The van der Waals surface area contributed by atoms with E-state index in [1.807, 2.05) is 13.0 Å². The molecule has 0 saturated carbocycles. The van der Waals surface area contributed by atoms with E-state index in [2.05, 4.69) is 26.0 Å². The van der Waals surface area contributed by atoms with Gasteiger partial charge in [0.15, 0.2) is 0 Å².